The molecule has 0 aromatic heterocycles. The van der Waals surface area contributed by atoms with Crippen LogP contribution in [0.5, 0.6) is 11.5 Å². The molecule has 2 aromatic rings. The Kier molecular flexibility index (Phi) is 4.09. The van der Waals surface area contributed by atoms with Crippen LogP contribution in [0.1, 0.15) is 10.4 Å². The molecule has 0 fully saturated rings. The standard InChI is InChI=1S/C13H7BrFNO4/c14-9-4-5-12(11(6-9)16(18)19)20-13-8(7-17)2-1-3-10(13)15/h1-7H. The second kappa shape index (κ2) is 5.79. The Morgan fingerprint density at radius 2 is 2.05 bits per heavy atom. The van der Waals surface area contributed by atoms with Crippen molar-refractivity contribution in [2.45, 2.75) is 0 Å². The zero-order valence-corrected chi connectivity index (χ0v) is 11.5. The number of nitrogens with zero attached hydrogens (tertiary/aromatic N) is 1. The Balaban J connectivity index is 2.50. The molecule has 0 amide bonds. The molecule has 0 atom stereocenters. The quantitative estimate of drug-likeness (QED) is 0.477. The third-order valence-corrected chi connectivity index (χ3v) is 2.95. The molecule has 0 unspecified atom stereocenters. The number of rotatable bonds is 4. The number of hydrogen-bond donors (Lipinski definition) is 0. The number of carbonyl (C=O) groups is 1. The van der Waals surface area contributed by atoms with Gasteiger partial charge >= 0.3 is 5.69 Å². The van der Waals surface area contributed by atoms with Crippen molar-refractivity contribution >= 4 is 27.9 Å². The molecule has 0 spiro atoms. The minimum atomic E-state index is -0.771. The van der Waals surface area contributed by atoms with Gasteiger partial charge in [0.1, 0.15) is 0 Å². The summed E-state index contributed by atoms with van der Waals surface area (Å²) >= 11 is 3.10. The SMILES string of the molecule is O=Cc1cccc(F)c1Oc1ccc(Br)cc1[N+](=O)[O-]. The van der Waals surface area contributed by atoms with Gasteiger partial charge in [-0.15, -0.1) is 0 Å². The van der Waals surface area contributed by atoms with Gasteiger partial charge in [0.25, 0.3) is 0 Å². The first-order valence-electron chi connectivity index (χ1n) is 5.38. The van der Waals surface area contributed by atoms with Gasteiger partial charge in [-0.25, -0.2) is 4.39 Å². The highest BCUT2D eigenvalue weighted by Gasteiger charge is 2.19. The molecule has 0 N–H and O–H groups in total. The van der Waals surface area contributed by atoms with E-state index in [1.54, 1.807) is 0 Å². The van der Waals surface area contributed by atoms with Gasteiger partial charge in [0, 0.05) is 10.5 Å². The fraction of sp³-hybridized carbons (Fsp3) is 0. The van der Waals surface area contributed by atoms with Crippen molar-refractivity contribution in [2.75, 3.05) is 0 Å². The third-order valence-electron chi connectivity index (χ3n) is 2.45. The summed E-state index contributed by atoms with van der Waals surface area (Å²) in [6, 6.07) is 7.88. The number of para-hydroxylation sites is 1. The van der Waals surface area contributed by atoms with Crippen LogP contribution in [0.25, 0.3) is 0 Å². The number of ether oxygens (including phenoxy) is 1. The molecule has 0 saturated heterocycles. The predicted octanol–water partition coefficient (Wildman–Crippen LogP) is 4.10. The van der Waals surface area contributed by atoms with Gasteiger partial charge in [-0.2, -0.15) is 0 Å². The molecule has 0 heterocycles. The second-order valence-electron chi connectivity index (χ2n) is 3.75. The molecule has 5 nitrogen and oxygen atoms in total. The van der Waals surface area contributed by atoms with Crippen molar-refractivity contribution in [1.82, 2.24) is 0 Å². The van der Waals surface area contributed by atoms with Crippen LogP contribution in [0.2, 0.25) is 0 Å². The first-order chi connectivity index (χ1) is 9.52. The Labute approximate surface area is 121 Å². The van der Waals surface area contributed by atoms with Crippen LogP contribution in [0, 0.1) is 15.9 Å². The van der Waals surface area contributed by atoms with Crippen molar-refractivity contribution in [1.29, 1.82) is 0 Å². The fourth-order valence-corrected chi connectivity index (χ4v) is 1.90. The van der Waals surface area contributed by atoms with E-state index in [4.69, 9.17) is 4.74 Å². The fourth-order valence-electron chi connectivity index (χ4n) is 1.56. The van der Waals surface area contributed by atoms with E-state index in [-0.39, 0.29) is 22.7 Å². The Bertz CT molecular complexity index is 690. The maximum atomic E-state index is 13.7. The lowest BCUT2D eigenvalue weighted by Gasteiger charge is -2.09. The first-order valence-corrected chi connectivity index (χ1v) is 6.17. The van der Waals surface area contributed by atoms with Gasteiger partial charge in [0.2, 0.25) is 5.75 Å². The van der Waals surface area contributed by atoms with E-state index in [1.807, 2.05) is 0 Å². The van der Waals surface area contributed by atoms with E-state index in [2.05, 4.69) is 15.9 Å². The van der Waals surface area contributed by atoms with Gasteiger partial charge in [-0.1, -0.05) is 22.0 Å². The molecule has 0 aliphatic heterocycles. The van der Waals surface area contributed by atoms with Crippen LogP contribution in [0.4, 0.5) is 10.1 Å². The maximum Gasteiger partial charge on any atom is 0.312 e. The number of nitro groups is 1. The summed E-state index contributed by atoms with van der Waals surface area (Å²) in [6.07, 6.45) is 0.420. The second-order valence-corrected chi connectivity index (χ2v) is 4.66. The summed E-state index contributed by atoms with van der Waals surface area (Å²) in [5.41, 5.74) is -0.360. The highest BCUT2D eigenvalue weighted by Crippen LogP contribution is 2.35. The number of carbonyl (C=O) groups excluding carboxylic acids is 1. The minimum Gasteiger partial charge on any atom is -0.446 e. The zero-order valence-electron chi connectivity index (χ0n) is 9.88. The van der Waals surface area contributed by atoms with Gasteiger partial charge < -0.3 is 4.74 Å². The number of hydrogen-bond acceptors (Lipinski definition) is 4. The number of nitro benzene ring substituents is 1. The summed E-state index contributed by atoms with van der Waals surface area (Å²) in [4.78, 5) is 21.1. The molecule has 0 radical (unpaired) electrons. The Morgan fingerprint density at radius 3 is 2.70 bits per heavy atom. The molecule has 20 heavy (non-hydrogen) atoms. The highest BCUT2D eigenvalue weighted by atomic mass is 79.9. The molecule has 2 rings (SSSR count). The molecular formula is C13H7BrFNO4. The summed E-state index contributed by atoms with van der Waals surface area (Å²) in [7, 11) is 0. The van der Waals surface area contributed by atoms with Crippen molar-refractivity contribution in [3.05, 3.63) is 62.4 Å². The number of halogens is 2. The largest absolute Gasteiger partial charge is 0.446 e. The summed E-state index contributed by atoms with van der Waals surface area (Å²) in [5.74, 6) is -1.26. The van der Waals surface area contributed by atoms with E-state index in [1.165, 1.54) is 30.3 Å². The van der Waals surface area contributed by atoms with Crippen molar-refractivity contribution < 1.29 is 18.8 Å². The average molecular weight is 340 g/mol. The zero-order chi connectivity index (χ0) is 14.7. The molecule has 7 heteroatoms. The lowest BCUT2D eigenvalue weighted by molar-refractivity contribution is -0.385. The highest BCUT2D eigenvalue weighted by molar-refractivity contribution is 9.10. The van der Waals surface area contributed by atoms with E-state index >= 15 is 0 Å². The molecule has 2 aromatic carbocycles. The molecule has 0 saturated carbocycles. The van der Waals surface area contributed by atoms with Gasteiger partial charge in [-0.05, 0) is 24.3 Å². The van der Waals surface area contributed by atoms with E-state index in [0.29, 0.717) is 10.8 Å². The average Bonchev–Trinajstić information content (AvgIpc) is 2.42. The van der Waals surface area contributed by atoms with Crippen LogP contribution in [0.15, 0.2) is 40.9 Å². The molecule has 102 valence electrons. The van der Waals surface area contributed by atoms with E-state index in [0.717, 1.165) is 6.07 Å². The van der Waals surface area contributed by atoms with Crippen LogP contribution in [0.3, 0.4) is 0 Å². The number of benzene rings is 2. The Morgan fingerprint density at radius 1 is 1.30 bits per heavy atom. The monoisotopic (exact) mass is 339 g/mol. The van der Waals surface area contributed by atoms with Crippen molar-refractivity contribution in [2.24, 2.45) is 0 Å². The summed E-state index contributed by atoms with van der Waals surface area (Å²) in [5, 5.41) is 10.9. The lowest BCUT2D eigenvalue weighted by atomic mass is 10.2. The Hall–Kier alpha value is -2.28. The van der Waals surface area contributed by atoms with Crippen LogP contribution >= 0.6 is 15.9 Å². The maximum absolute atomic E-state index is 13.7. The lowest BCUT2D eigenvalue weighted by Crippen LogP contribution is -1.97. The van der Waals surface area contributed by atoms with Crippen molar-refractivity contribution in [3.8, 4) is 11.5 Å². The van der Waals surface area contributed by atoms with Crippen LogP contribution in [-0.4, -0.2) is 11.2 Å². The minimum absolute atomic E-state index is 0.0257. The summed E-state index contributed by atoms with van der Waals surface area (Å²) < 4.78 is 19.4. The number of aldehydes is 1. The van der Waals surface area contributed by atoms with Crippen LogP contribution < -0.4 is 4.74 Å². The predicted molar refractivity (Wildman–Crippen MR) is 72.7 cm³/mol. The van der Waals surface area contributed by atoms with Gasteiger partial charge in [0.05, 0.1) is 10.5 Å². The molecular weight excluding hydrogens is 333 g/mol. The molecule has 0 aliphatic carbocycles. The molecule has 0 aliphatic rings. The topological polar surface area (TPSA) is 69.4 Å². The van der Waals surface area contributed by atoms with Crippen LogP contribution in [-0.2, 0) is 0 Å². The normalized spacial score (nSPS) is 10.1. The first kappa shape index (κ1) is 14.1. The van der Waals surface area contributed by atoms with E-state index in [9.17, 15) is 19.3 Å². The smallest absolute Gasteiger partial charge is 0.312 e. The van der Waals surface area contributed by atoms with Gasteiger partial charge in [-0.3, -0.25) is 14.9 Å². The van der Waals surface area contributed by atoms with Crippen molar-refractivity contribution in [3.63, 3.8) is 0 Å². The van der Waals surface area contributed by atoms with Gasteiger partial charge in [0.15, 0.2) is 17.9 Å². The molecule has 0 bridgehead atoms. The third kappa shape index (κ3) is 2.83. The summed E-state index contributed by atoms with van der Waals surface area (Å²) in [6.45, 7) is 0. The van der Waals surface area contributed by atoms with E-state index < -0.39 is 10.7 Å².